The Morgan fingerprint density at radius 3 is 2.88 bits per heavy atom. The number of epoxide rings is 1. The number of unbranched alkanes of at least 4 members (excludes halogenated alkanes) is 1. The molecule has 2 atom stereocenters. The molecule has 0 aromatic rings. The average molecular weight is 338 g/mol. The van der Waals surface area contributed by atoms with E-state index >= 15 is 0 Å². The van der Waals surface area contributed by atoms with Crippen molar-refractivity contribution in [1.29, 1.82) is 0 Å². The van der Waals surface area contributed by atoms with Crippen LogP contribution in [0.25, 0.3) is 0 Å². The normalized spacial score (nSPS) is 25.0. The molecule has 134 valence electrons. The molecular formula is C21H32O3. The highest BCUT2D eigenvalue weighted by Crippen LogP contribution is 2.28. The van der Waals surface area contributed by atoms with Gasteiger partial charge in [-0.2, -0.15) is 0 Å². The van der Waals surface area contributed by atoms with Gasteiger partial charge in [-0.1, -0.05) is 68.3 Å². The summed E-state index contributed by atoms with van der Waals surface area (Å²) in [6.07, 6.45) is 18.0. The third kappa shape index (κ3) is 11.0. The van der Waals surface area contributed by atoms with Crippen LogP contribution in [-0.4, -0.2) is 25.3 Å². The van der Waals surface area contributed by atoms with Crippen molar-refractivity contribution in [3.63, 3.8) is 0 Å². The summed E-state index contributed by atoms with van der Waals surface area (Å²) in [7, 11) is 1.40. The Labute approximate surface area is 154 Å². The quantitative estimate of drug-likeness (QED) is 0.151. The van der Waals surface area contributed by atoms with Crippen LogP contribution >= 0.6 is 0 Å². The van der Waals surface area contributed by atoms with Gasteiger partial charge in [0.15, 0.2) is 0 Å². The number of allylic oxidation sites excluding steroid dienone is 7. The third-order valence-corrected chi connectivity index (χ3v) is 3.60. The summed E-state index contributed by atoms with van der Waals surface area (Å²) in [5.41, 5.74) is 0. The van der Waals surface area contributed by atoms with E-state index in [0.29, 0.717) is 19.3 Å². The molecule has 0 bridgehead atoms. The molecule has 1 heterocycles. The molecule has 0 amide bonds. The van der Waals surface area contributed by atoms with E-state index in [1.165, 1.54) is 7.11 Å². The number of ether oxygens (including phenoxy) is 2. The molecule has 3 heteroatoms. The molecule has 1 rings (SSSR count). The second-order valence-electron chi connectivity index (χ2n) is 5.58. The summed E-state index contributed by atoms with van der Waals surface area (Å²) < 4.78 is 46.6. The molecule has 0 saturated carbocycles. The smallest absolute Gasteiger partial charge is 0.305 e. The van der Waals surface area contributed by atoms with Crippen LogP contribution in [-0.2, 0) is 14.3 Å². The molecule has 1 fully saturated rings. The van der Waals surface area contributed by atoms with Crippen LogP contribution in [0.2, 0.25) is 0 Å². The zero-order valence-corrected chi connectivity index (χ0v) is 14.4. The fraction of sp³-hybridized carbons (Fsp3) is 0.571. The molecular weight excluding hydrogens is 300 g/mol. The number of methoxy groups -OCH3 is 1. The molecule has 0 aromatic carbocycles. The Bertz CT molecular complexity index is 606. The molecule has 0 radical (unpaired) electrons. The molecule has 0 aliphatic carbocycles. The molecule has 2 unspecified atom stereocenters. The minimum Gasteiger partial charge on any atom is -0.469 e. The second kappa shape index (κ2) is 13.8. The van der Waals surface area contributed by atoms with Gasteiger partial charge >= 0.3 is 5.97 Å². The van der Waals surface area contributed by atoms with Crippen molar-refractivity contribution in [1.82, 2.24) is 0 Å². The van der Waals surface area contributed by atoms with Crippen molar-refractivity contribution in [2.75, 3.05) is 7.11 Å². The Hall–Kier alpha value is -1.61. The standard InChI is InChI=1S/C21H32O3/c1-3-4-5-6-7-8-9-10-11-12-13-14-16-19-20(24-19)17-15-18-21(22)23-2/h7-8,10-14,16,19-20H,3-6,9,15,17-18H2,1-2H3/i1D3,3D2. The number of hydrogen-bond donors (Lipinski definition) is 0. The molecule has 0 spiro atoms. The Balaban J connectivity index is 2.06. The number of rotatable bonds is 13. The molecule has 0 aromatic heterocycles. The first-order valence-electron chi connectivity index (χ1n) is 11.0. The summed E-state index contributed by atoms with van der Waals surface area (Å²) in [6, 6.07) is 0. The molecule has 3 nitrogen and oxygen atoms in total. The number of carbonyl (C=O) groups is 1. The number of carbonyl (C=O) groups excluding carboxylic acids is 1. The maximum Gasteiger partial charge on any atom is 0.305 e. The molecule has 24 heavy (non-hydrogen) atoms. The zero-order chi connectivity index (χ0) is 21.8. The highest BCUT2D eigenvalue weighted by molar-refractivity contribution is 5.68. The van der Waals surface area contributed by atoms with Gasteiger partial charge in [0, 0.05) is 13.3 Å². The number of hydrogen-bond acceptors (Lipinski definition) is 3. The van der Waals surface area contributed by atoms with Gasteiger partial charge in [-0.3, -0.25) is 4.79 Å². The minimum atomic E-state index is -2.56. The van der Waals surface area contributed by atoms with E-state index in [1.807, 2.05) is 48.6 Å². The van der Waals surface area contributed by atoms with Crippen LogP contribution in [0.1, 0.15) is 65.0 Å². The van der Waals surface area contributed by atoms with Crippen LogP contribution < -0.4 is 0 Å². The zero-order valence-electron chi connectivity index (χ0n) is 19.4. The topological polar surface area (TPSA) is 38.8 Å². The molecule has 1 aliphatic heterocycles. The molecule has 1 aliphatic rings. The number of esters is 1. The summed E-state index contributed by atoms with van der Waals surface area (Å²) in [5.74, 6) is -0.182. The van der Waals surface area contributed by atoms with Gasteiger partial charge < -0.3 is 9.47 Å². The maximum atomic E-state index is 11.0. The van der Waals surface area contributed by atoms with E-state index in [1.54, 1.807) is 0 Å². The summed E-state index contributed by atoms with van der Waals surface area (Å²) in [6.45, 7) is -2.56. The Morgan fingerprint density at radius 2 is 2.04 bits per heavy atom. The predicted octanol–water partition coefficient (Wildman–Crippen LogP) is 5.29. The van der Waals surface area contributed by atoms with E-state index in [0.717, 1.165) is 19.3 Å². The highest BCUT2D eigenvalue weighted by Gasteiger charge is 2.35. The van der Waals surface area contributed by atoms with Crippen molar-refractivity contribution in [2.45, 2.75) is 70.4 Å². The Kier molecular flexibility index (Phi) is 7.85. The maximum absolute atomic E-state index is 11.0. The molecule has 0 N–H and O–H groups in total. The van der Waals surface area contributed by atoms with Gasteiger partial charge in [0.05, 0.1) is 13.2 Å². The Morgan fingerprint density at radius 1 is 1.17 bits per heavy atom. The SMILES string of the molecule is [2H]C([2H])([2H])C([2H])([2H])CCCC=CCC=CC=CC=CC1OC1CCCC(=O)OC. The van der Waals surface area contributed by atoms with Crippen LogP contribution in [0, 0.1) is 0 Å². The third-order valence-electron chi connectivity index (χ3n) is 3.60. The van der Waals surface area contributed by atoms with Gasteiger partial charge in [-0.25, -0.2) is 0 Å². The van der Waals surface area contributed by atoms with Crippen molar-refractivity contribution < 1.29 is 21.1 Å². The largest absolute Gasteiger partial charge is 0.469 e. The first-order chi connectivity index (χ1) is 13.7. The molecule has 1 saturated heterocycles. The van der Waals surface area contributed by atoms with E-state index < -0.39 is 13.2 Å². The fourth-order valence-corrected chi connectivity index (χ4v) is 2.17. The average Bonchev–Trinajstić information content (AvgIpc) is 3.39. The lowest BCUT2D eigenvalue weighted by Crippen LogP contribution is -2.01. The van der Waals surface area contributed by atoms with Crippen LogP contribution in [0.5, 0.6) is 0 Å². The van der Waals surface area contributed by atoms with Crippen LogP contribution in [0.4, 0.5) is 0 Å². The van der Waals surface area contributed by atoms with Gasteiger partial charge in [0.1, 0.15) is 6.10 Å². The summed E-state index contributed by atoms with van der Waals surface area (Å²) in [4.78, 5) is 11.0. The summed E-state index contributed by atoms with van der Waals surface area (Å²) in [5, 5.41) is 0. The lowest BCUT2D eigenvalue weighted by Gasteiger charge is -1.96. The van der Waals surface area contributed by atoms with Crippen molar-refractivity contribution in [2.24, 2.45) is 0 Å². The lowest BCUT2D eigenvalue weighted by molar-refractivity contribution is -0.140. The van der Waals surface area contributed by atoms with Crippen LogP contribution in [0.3, 0.4) is 0 Å². The van der Waals surface area contributed by atoms with Crippen LogP contribution in [0.15, 0.2) is 48.6 Å². The van der Waals surface area contributed by atoms with E-state index in [4.69, 9.17) is 11.6 Å². The monoisotopic (exact) mass is 337 g/mol. The van der Waals surface area contributed by atoms with E-state index in [-0.39, 0.29) is 24.6 Å². The van der Waals surface area contributed by atoms with Gasteiger partial charge in [-0.05, 0) is 32.1 Å². The first-order valence-corrected chi connectivity index (χ1v) is 8.54. The van der Waals surface area contributed by atoms with Crippen molar-refractivity contribution in [3.8, 4) is 0 Å². The van der Waals surface area contributed by atoms with E-state index in [2.05, 4.69) is 4.74 Å². The minimum absolute atomic E-state index is 0.0373. The van der Waals surface area contributed by atoms with Gasteiger partial charge in [0.25, 0.3) is 0 Å². The summed E-state index contributed by atoms with van der Waals surface area (Å²) >= 11 is 0. The highest BCUT2D eigenvalue weighted by atomic mass is 16.6. The fourth-order valence-electron chi connectivity index (χ4n) is 2.17. The van der Waals surface area contributed by atoms with Gasteiger partial charge in [-0.15, -0.1) is 0 Å². The van der Waals surface area contributed by atoms with Gasteiger partial charge in [0.2, 0.25) is 0 Å². The van der Waals surface area contributed by atoms with Crippen molar-refractivity contribution in [3.05, 3.63) is 48.6 Å². The first kappa shape index (κ1) is 13.7. The second-order valence-corrected chi connectivity index (χ2v) is 5.58. The predicted molar refractivity (Wildman–Crippen MR) is 99.8 cm³/mol. The van der Waals surface area contributed by atoms with Crippen molar-refractivity contribution >= 4 is 5.97 Å². The van der Waals surface area contributed by atoms with E-state index in [9.17, 15) is 4.79 Å². The lowest BCUT2D eigenvalue weighted by atomic mass is 10.1.